The lowest BCUT2D eigenvalue weighted by molar-refractivity contribution is 0.451. The first-order valence-corrected chi connectivity index (χ1v) is 6.81. The van der Waals surface area contributed by atoms with Crippen molar-refractivity contribution in [3.8, 4) is 11.6 Å². The third-order valence-electron chi connectivity index (χ3n) is 2.40. The Morgan fingerprint density at radius 2 is 2.06 bits per heavy atom. The first-order valence-electron chi connectivity index (χ1n) is 5.64. The van der Waals surface area contributed by atoms with Crippen LogP contribution < -0.4 is 4.74 Å². The van der Waals surface area contributed by atoms with E-state index in [0.717, 1.165) is 22.9 Å². The topological polar surface area (TPSA) is 35.0 Å². The van der Waals surface area contributed by atoms with Gasteiger partial charge in [-0.3, -0.25) is 0 Å². The van der Waals surface area contributed by atoms with Crippen LogP contribution in [-0.2, 0) is 6.42 Å². The average molecular weight is 328 g/mol. The Bertz CT molecular complexity index is 548. The van der Waals surface area contributed by atoms with Crippen molar-refractivity contribution in [3.05, 3.63) is 45.8 Å². The molecule has 1 aromatic heterocycles. The van der Waals surface area contributed by atoms with E-state index < -0.39 is 0 Å². The number of hydrogen-bond donors (Lipinski definition) is 0. The average Bonchev–Trinajstić information content (AvgIpc) is 2.36. The fourth-order valence-electron chi connectivity index (χ4n) is 1.56. The maximum atomic E-state index is 6.07. The first kappa shape index (κ1) is 13.3. The zero-order valence-corrected chi connectivity index (χ0v) is 12.2. The second-order valence-corrected chi connectivity index (χ2v) is 4.94. The molecule has 0 fully saturated rings. The zero-order chi connectivity index (χ0) is 13.0. The van der Waals surface area contributed by atoms with E-state index in [2.05, 4.69) is 32.8 Å². The molecule has 0 spiro atoms. The molecule has 0 N–H and O–H groups in total. The molecule has 0 aliphatic carbocycles. The number of hydrogen-bond acceptors (Lipinski definition) is 3. The minimum atomic E-state index is 0.453. The van der Waals surface area contributed by atoms with Gasteiger partial charge in [0, 0.05) is 0 Å². The van der Waals surface area contributed by atoms with E-state index in [1.807, 2.05) is 24.3 Å². The van der Waals surface area contributed by atoms with Gasteiger partial charge in [-0.25, -0.2) is 9.97 Å². The minimum Gasteiger partial charge on any atom is -0.437 e. The highest BCUT2D eigenvalue weighted by molar-refractivity contribution is 9.10. The van der Waals surface area contributed by atoms with Gasteiger partial charge in [0.2, 0.25) is 5.88 Å². The van der Waals surface area contributed by atoms with Gasteiger partial charge >= 0.3 is 0 Å². The molecule has 1 aromatic carbocycles. The quantitative estimate of drug-likeness (QED) is 0.767. The molecule has 0 saturated heterocycles. The third-order valence-corrected chi connectivity index (χ3v) is 3.38. The van der Waals surface area contributed by atoms with Gasteiger partial charge in [0.05, 0.1) is 10.0 Å². The molecular weight excluding hydrogens is 316 g/mol. The normalized spacial score (nSPS) is 10.4. The molecule has 18 heavy (non-hydrogen) atoms. The monoisotopic (exact) mass is 326 g/mol. The van der Waals surface area contributed by atoms with Gasteiger partial charge in [-0.2, -0.15) is 0 Å². The summed E-state index contributed by atoms with van der Waals surface area (Å²) < 4.78 is 6.67. The van der Waals surface area contributed by atoms with Crippen LogP contribution in [0.25, 0.3) is 0 Å². The number of aromatic nitrogens is 2. The highest BCUT2D eigenvalue weighted by Gasteiger charge is 2.12. The summed E-state index contributed by atoms with van der Waals surface area (Å²) in [6, 6.07) is 7.62. The Morgan fingerprint density at radius 3 is 2.78 bits per heavy atom. The van der Waals surface area contributed by atoms with Crippen molar-refractivity contribution in [2.75, 3.05) is 0 Å². The van der Waals surface area contributed by atoms with Crippen molar-refractivity contribution >= 4 is 27.5 Å². The first-order chi connectivity index (χ1) is 8.72. The Kier molecular flexibility index (Phi) is 4.55. The van der Waals surface area contributed by atoms with Gasteiger partial charge < -0.3 is 4.74 Å². The number of halogens is 2. The molecule has 5 heteroatoms. The number of ether oxygens (including phenoxy) is 1. The SMILES string of the molecule is CCCc1c(Cl)ncnc1Oc1ccccc1Br. The van der Waals surface area contributed by atoms with Crippen molar-refractivity contribution in [2.45, 2.75) is 19.8 Å². The largest absolute Gasteiger partial charge is 0.437 e. The van der Waals surface area contributed by atoms with Gasteiger partial charge in [-0.05, 0) is 34.5 Å². The van der Waals surface area contributed by atoms with Gasteiger partial charge in [-0.15, -0.1) is 0 Å². The smallest absolute Gasteiger partial charge is 0.227 e. The predicted molar refractivity (Wildman–Crippen MR) is 75.3 cm³/mol. The summed E-state index contributed by atoms with van der Waals surface area (Å²) in [6.45, 7) is 2.07. The van der Waals surface area contributed by atoms with Crippen LogP contribution in [0.2, 0.25) is 5.15 Å². The van der Waals surface area contributed by atoms with Gasteiger partial charge in [0.1, 0.15) is 17.2 Å². The van der Waals surface area contributed by atoms with E-state index in [-0.39, 0.29) is 0 Å². The van der Waals surface area contributed by atoms with E-state index in [1.54, 1.807) is 0 Å². The van der Waals surface area contributed by atoms with Crippen LogP contribution in [0.4, 0.5) is 0 Å². The molecule has 0 aliphatic rings. The van der Waals surface area contributed by atoms with Crippen LogP contribution >= 0.6 is 27.5 Å². The van der Waals surface area contributed by atoms with Crippen LogP contribution in [0.3, 0.4) is 0 Å². The summed E-state index contributed by atoms with van der Waals surface area (Å²) in [6.07, 6.45) is 3.16. The van der Waals surface area contributed by atoms with Crippen molar-refractivity contribution in [2.24, 2.45) is 0 Å². The van der Waals surface area contributed by atoms with Crippen LogP contribution in [-0.4, -0.2) is 9.97 Å². The van der Waals surface area contributed by atoms with Crippen LogP contribution in [0, 0.1) is 0 Å². The molecular formula is C13H12BrClN2O. The molecule has 0 atom stereocenters. The molecule has 3 nitrogen and oxygen atoms in total. The van der Waals surface area contributed by atoms with Crippen molar-refractivity contribution in [1.82, 2.24) is 9.97 Å². The van der Waals surface area contributed by atoms with E-state index >= 15 is 0 Å². The van der Waals surface area contributed by atoms with Gasteiger partial charge in [-0.1, -0.05) is 37.1 Å². The van der Waals surface area contributed by atoms with Crippen LogP contribution in [0.15, 0.2) is 35.1 Å². The molecule has 0 saturated carbocycles. The van der Waals surface area contributed by atoms with Crippen molar-refractivity contribution in [1.29, 1.82) is 0 Å². The molecule has 0 unspecified atom stereocenters. The van der Waals surface area contributed by atoms with Crippen molar-refractivity contribution < 1.29 is 4.74 Å². The summed E-state index contributed by atoms with van der Waals surface area (Å²) >= 11 is 9.51. The predicted octanol–water partition coefficient (Wildman–Crippen LogP) is 4.64. The Balaban J connectivity index is 2.34. The summed E-state index contributed by atoms with van der Waals surface area (Å²) in [4.78, 5) is 8.14. The molecule has 1 heterocycles. The molecule has 0 amide bonds. The number of nitrogens with zero attached hydrogens (tertiary/aromatic N) is 2. The summed E-state index contributed by atoms with van der Waals surface area (Å²) in [5, 5.41) is 0.453. The number of benzene rings is 1. The second kappa shape index (κ2) is 6.16. The molecule has 2 aromatic rings. The lowest BCUT2D eigenvalue weighted by Crippen LogP contribution is -1.98. The Morgan fingerprint density at radius 1 is 1.28 bits per heavy atom. The Hall–Kier alpha value is -1.13. The van der Waals surface area contributed by atoms with E-state index in [4.69, 9.17) is 16.3 Å². The summed E-state index contributed by atoms with van der Waals surface area (Å²) in [5.74, 6) is 1.23. The fraction of sp³-hybridized carbons (Fsp3) is 0.231. The molecule has 0 aliphatic heterocycles. The molecule has 0 bridgehead atoms. The lowest BCUT2D eigenvalue weighted by Gasteiger charge is -2.11. The highest BCUT2D eigenvalue weighted by Crippen LogP contribution is 2.32. The third kappa shape index (κ3) is 3.00. The van der Waals surface area contributed by atoms with E-state index in [9.17, 15) is 0 Å². The zero-order valence-electron chi connectivity index (χ0n) is 9.86. The van der Waals surface area contributed by atoms with Crippen LogP contribution in [0.5, 0.6) is 11.6 Å². The fourth-order valence-corrected chi connectivity index (χ4v) is 2.14. The second-order valence-electron chi connectivity index (χ2n) is 3.73. The maximum Gasteiger partial charge on any atom is 0.227 e. The lowest BCUT2D eigenvalue weighted by atomic mass is 10.2. The maximum absolute atomic E-state index is 6.07. The van der Waals surface area contributed by atoms with Crippen LogP contribution in [0.1, 0.15) is 18.9 Å². The minimum absolute atomic E-state index is 0.453. The standard InChI is InChI=1S/C13H12BrClN2O/c1-2-5-9-12(15)16-8-17-13(9)18-11-7-4-3-6-10(11)14/h3-4,6-8H,2,5H2,1H3. The molecule has 2 rings (SSSR count). The van der Waals surface area contributed by atoms with E-state index in [0.29, 0.717) is 16.8 Å². The van der Waals surface area contributed by atoms with Gasteiger partial charge in [0.15, 0.2) is 0 Å². The number of para-hydroxylation sites is 1. The Labute approximate surface area is 119 Å². The highest BCUT2D eigenvalue weighted by atomic mass is 79.9. The van der Waals surface area contributed by atoms with Gasteiger partial charge in [0.25, 0.3) is 0 Å². The van der Waals surface area contributed by atoms with E-state index in [1.165, 1.54) is 6.33 Å². The molecule has 94 valence electrons. The summed E-state index contributed by atoms with van der Waals surface area (Å²) in [5.41, 5.74) is 0.845. The van der Waals surface area contributed by atoms with Crippen molar-refractivity contribution in [3.63, 3.8) is 0 Å². The summed E-state index contributed by atoms with van der Waals surface area (Å²) in [7, 11) is 0. The number of rotatable bonds is 4. The molecule has 0 radical (unpaired) electrons.